The van der Waals surface area contributed by atoms with Crippen LogP contribution in [0.3, 0.4) is 0 Å². The van der Waals surface area contributed by atoms with Gasteiger partial charge in [-0.05, 0) is 12.3 Å². The number of aliphatic hydroxyl groups excluding tert-OH is 1. The average Bonchev–Trinajstić information content (AvgIpc) is 2.74. The first-order valence-electron chi connectivity index (χ1n) is 6.09. The number of carboxylic acid groups (broad SMARTS) is 1. The fourth-order valence-electron chi connectivity index (χ4n) is 2.03. The van der Waals surface area contributed by atoms with Crippen LogP contribution in [0.5, 0.6) is 0 Å². The summed E-state index contributed by atoms with van der Waals surface area (Å²) < 4.78 is 0. The quantitative estimate of drug-likeness (QED) is 0.491. The van der Waals surface area contributed by atoms with Crippen LogP contribution in [0.2, 0.25) is 0 Å². The third-order valence-electron chi connectivity index (χ3n) is 3.17. The van der Waals surface area contributed by atoms with Crippen molar-refractivity contribution in [2.45, 2.75) is 19.4 Å². The SMILES string of the molecule is CC1CCN(C(=O)NCC(=O)NCC(=O)O)C1CO. The van der Waals surface area contributed by atoms with Gasteiger partial charge in [-0.3, -0.25) is 9.59 Å². The Morgan fingerprint density at radius 1 is 1.26 bits per heavy atom. The molecule has 3 amide bonds. The van der Waals surface area contributed by atoms with Crippen molar-refractivity contribution >= 4 is 17.9 Å². The number of nitrogens with one attached hydrogen (secondary N) is 2. The minimum atomic E-state index is -1.15. The van der Waals surface area contributed by atoms with Gasteiger partial charge in [0.1, 0.15) is 6.54 Å². The Morgan fingerprint density at radius 2 is 1.95 bits per heavy atom. The lowest BCUT2D eigenvalue weighted by molar-refractivity contribution is -0.137. The summed E-state index contributed by atoms with van der Waals surface area (Å²) in [5.41, 5.74) is 0. The standard InChI is InChI=1S/C11H19N3O5/c1-7-2-3-14(8(7)6-15)11(19)13-4-9(16)12-5-10(17)18/h7-8,15H,2-6H2,1H3,(H,12,16)(H,13,19)(H,17,18). The monoisotopic (exact) mass is 273 g/mol. The predicted molar refractivity (Wildman–Crippen MR) is 65.4 cm³/mol. The summed E-state index contributed by atoms with van der Waals surface area (Å²) >= 11 is 0. The van der Waals surface area contributed by atoms with E-state index in [0.717, 1.165) is 6.42 Å². The molecule has 108 valence electrons. The molecule has 0 radical (unpaired) electrons. The molecule has 0 bridgehead atoms. The van der Waals surface area contributed by atoms with E-state index in [0.29, 0.717) is 6.54 Å². The Bertz CT molecular complexity index is 360. The lowest BCUT2D eigenvalue weighted by atomic mass is 10.0. The molecule has 2 unspecified atom stereocenters. The molecular weight excluding hydrogens is 254 g/mol. The second-order valence-electron chi connectivity index (χ2n) is 4.54. The molecule has 1 fully saturated rings. The molecule has 1 saturated heterocycles. The van der Waals surface area contributed by atoms with Crippen LogP contribution in [0.15, 0.2) is 0 Å². The summed E-state index contributed by atoms with van der Waals surface area (Å²) in [6.07, 6.45) is 0.809. The zero-order valence-corrected chi connectivity index (χ0v) is 10.8. The van der Waals surface area contributed by atoms with E-state index in [-0.39, 0.29) is 25.1 Å². The lowest BCUT2D eigenvalue weighted by Crippen LogP contribution is -2.48. The molecule has 4 N–H and O–H groups in total. The van der Waals surface area contributed by atoms with E-state index in [9.17, 15) is 19.5 Å². The lowest BCUT2D eigenvalue weighted by Gasteiger charge is -2.25. The topological polar surface area (TPSA) is 119 Å². The molecule has 1 aliphatic rings. The van der Waals surface area contributed by atoms with Gasteiger partial charge in [0.05, 0.1) is 19.2 Å². The maximum Gasteiger partial charge on any atom is 0.322 e. The number of hydrogen-bond acceptors (Lipinski definition) is 4. The van der Waals surface area contributed by atoms with Crippen LogP contribution in [-0.4, -0.2) is 65.3 Å². The van der Waals surface area contributed by atoms with Crippen LogP contribution in [0.25, 0.3) is 0 Å². The zero-order chi connectivity index (χ0) is 14.4. The van der Waals surface area contributed by atoms with Gasteiger partial charge < -0.3 is 25.7 Å². The van der Waals surface area contributed by atoms with Crippen molar-refractivity contribution in [1.82, 2.24) is 15.5 Å². The molecule has 8 nitrogen and oxygen atoms in total. The van der Waals surface area contributed by atoms with Crippen molar-refractivity contribution in [3.05, 3.63) is 0 Å². The molecule has 1 rings (SSSR count). The number of carbonyl (C=O) groups is 3. The molecule has 0 aliphatic carbocycles. The summed E-state index contributed by atoms with van der Waals surface area (Å²) in [6, 6.07) is -0.657. The van der Waals surface area contributed by atoms with Gasteiger partial charge in [0, 0.05) is 6.54 Å². The zero-order valence-electron chi connectivity index (χ0n) is 10.8. The molecule has 19 heavy (non-hydrogen) atoms. The highest BCUT2D eigenvalue weighted by Crippen LogP contribution is 2.23. The Morgan fingerprint density at radius 3 is 2.53 bits per heavy atom. The number of aliphatic hydroxyl groups is 1. The normalized spacial score (nSPS) is 22.1. The number of hydrogen-bond donors (Lipinski definition) is 4. The van der Waals surface area contributed by atoms with Crippen molar-refractivity contribution in [2.24, 2.45) is 5.92 Å². The van der Waals surface area contributed by atoms with Gasteiger partial charge in [0.15, 0.2) is 0 Å². The van der Waals surface area contributed by atoms with Gasteiger partial charge in [0.2, 0.25) is 5.91 Å². The fourth-order valence-corrected chi connectivity index (χ4v) is 2.03. The van der Waals surface area contributed by atoms with Gasteiger partial charge in [-0.2, -0.15) is 0 Å². The second kappa shape index (κ2) is 6.93. The van der Waals surface area contributed by atoms with Crippen LogP contribution >= 0.6 is 0 Å². The Balaban J connectivity index is 2.35. The number of aliphatic carboxylic acids is 1. The first kappa shape index (κ1) is 15.2. The van der Waals surface area contributed by atoms with Crippen molar-refractivity contribution < 1.29 is 24.6 Å². The van der Waals surface area contributed by atoms with Crippen LogP contribution in [0, 0.1) is 5.92 Å². The van der Waals surface area contributed by atoms with E-state index >= 15 is 0 Å². The van der Waals surface area contributed by atoms with Crippen molar-refractivity contribution in [1.29, 1.82) is 0 Å². The molecule has 0 spiro atoms. The van der Waals surface area contributed by atoms with Crippen molar-refractivity contribution in [3.63, 3.8) is 0 Å². The highest BCUT2D eigenvalue weighted by atomic mass is 16.4. The average molecular weight is 273 g/mol. The molecule has 8 heteroatoms. The molecule has 0 aromatic rings. The summed E-state index contributed by atoms with van der Waals surface area (Å²) in [7, 11) is 0. The second-order valence-corrected chi connectivity index (χ2v) is 4.54. The number of likely N-dealkylation sites (tertiary alicyclic amines) is 1. The Labute approximate surface area is 110 Å². The molecule has 0 aromatic heterocycles. The highest BCUT2D eigenvalue weighted by Gasteiger charge is 2.33. The van der Waals surface area contributed by atoms with Gasteiger partial charge in [-0.1, -0.05) is 6.92 Å². The number of urea groups is 1. The molecule has 0 saturated carbocycles. The fraction of sp³-hybridized carbons (Fsp3) is 0.727. The highest BCUT2D eigenvalue weighted by molar-refractivity contribution is 5.86. The summed E-state index contributed by atoms with van der Waals surface area (Å²) in [4.78, 5) is 34.8. The van der Waals surface area contributed by atoms with Gasteiger partial charge >= 0.3 is 12.0 Å². The van der Waals surface area contributed by atoms with E-state index in [1.165, 1.54) is 4.90 Å². The van der Waals surface area contributed by atoms with E-state index < -0.39 is 24.5 Å². The summed E-state index contributed by atoms with van der Waals surface area (Å²) in [5, 5.41) is 22.1. The molecule has 2 atom stereocenters. The van der Waals surface area contributed by atoms with Gasteiger partial charge in [-0.25, -0.2) is 4.79 Å². The third-order valence-corrected chi connectivity index (χ3v) is 3.17. The molecule has 1 heterocycles. The van der Waals surface area contributed by atoms with Crippen molar-refractivity contribution in [2.75, 3.05) is 26.2 Å². The number of carboxylic acids is 1. The first-order chi connectivity index (χ1) is 8.95. The molecular formula is C11H19N3O5. The van der Waals surface area contributed by atoms with Crippen LogP contribution in [0.4, 0.5) is 4.79 Å². The largest absolute Gasteiger partial charge is 0.480 e. The molecule has 0 aromatic carbocycles. The summed E-state index contributed by atoms with van der Waals surface area (Å²) in [6.45, 7) is 1.62. The molecule has 1 aliphatic heterocycles. The maximum absolute atomic E-state index is 11.8. The van der Waals surface area contributed by atoms with Crippen LogP contribution < -0.4 is 10.6 Å². The third kappa shape index (κ3) is 4.40. The Hall–Kier alpha value is -1.83. The van der Waals surface area contributed by atoms with E-state index in [2.05, 4.69) is 10.6 Å². The van der Waals surface area contributed by atoms with E-state index in [1.54, 1.807) is 0 Å². The van der Waals surface area contributed by atoms with Gasteiger partial charge in [0.25, 0.3) is 0 Å². The Kier molecular flexibility index (Phi) is 5.56. The van der Waals surface area contributed by atoms with Crippen LogP contribution in [0.1, 0.15) is 13.3 Å². The number of rotatable bonds is 5. The van der Waals surface area contributed by atoms with Gasteiger partial charge in [-0.15, -0.1) is 0 Å². The predicted octanol–water partition coefficient (Wildman–Crippen LogP) is -1.40. The first-order valence-corrected chi connectivity index (χ1v) is 6.09. The summed E-state index contributed by atoms with van der Waals surface area (Å²) in [5.74, 6) is -1.49. The van der Waals surface area contributed by atoms with Crippen LogP contribution in [-0.2, 0) is 9.59 Å². The number of amides is 3. The van der Waals surface area contributed by atoms with E-state index in [1.807, 2.05) is 6.92 Å². The minimum absolute atomic E-state index is 0.111. The maximum atomic E-state index is 11.8. The number of carbonyl (C=O) groups excluding carboxylic acids is 2. The minimum Gasteiger partial charge on any atom is -0.480 e. The smallest absolute Gasteiger partial charge is 0.322 e. The van der Waals surface area contributed by atoms with Crippen molar-refractivity contribution in [3.8, 4) is 0 Å². The number of nitrogens with zero attached hydrogens (tertiary/aromatic N) is 1. The van der Waals surface area contributed by atoms with E-state index in [4.69, 9.17) is 5.11 Å².